The van der Waals surface area contributed by atoms with Gasteiger partial charge in [0.25, 0.3) is 0 Å². The highest BCUT2D eigenvalue weighted by molar-refractivity contribution is 9.09. The van der Waals surface area contributed by atoms with Crippen LogP contribution < -0.4 is 0 Å². The van der Waals surface area contributed by atoms with E-state index >= 15 is 0 Å². The van der Waals surface area contributed by atoms with Crippen LogP contribution in [0.1, 0.15) is 11.1 Å². The van der Waals surface area contributed by atoms with Gasteiger partial charge >= 0.3 is 0 Å². The van der Waals surface area contributed by atoms with E-state index in [1.54, 1.807) is 0 Å². The second kappa shape index (κ2) is 5.65. The van der Waals surface area contributed by atoms with Gasteiger partial charge in [-0.1, -0.05) is 58.4 Å². The molecule has 0 N–H and O–H groups in total. The molecule has 0 bridgehead atoms. The van der Waals surface area contributed by atoms with Crippen LogP contribution in [0.2, 0.25) is 0 Å². The van der Waals surface area contributed by atoms with Crippen molar-refractivity contribution in [2.24, 2.45) is 0 Å². The summed E-state index contributed by atoms with van der Waals surface area (Å²) in [6.07, 6.45) is 0.948. The molecule has 0 saturated heterocycles. The van der Waals surface area contributed by atoms with Gasteiger partial charge in [0.1, 0.15) is 0 Å². The molecule has 0 radical (unpaired) electrons. The number of nitriles is 1. The molecule has 2 aromatic carbocycles. The molecule has 0 aliphatic carbocycles. The van der Waals surface area contributed by atoms with Crippen LogP contribution in [0, 0.1) is 11.3 Å². The number of hydrogen-bond acceptors (Lipinski definition) is 1. The Morgan fingerprint density at radius 3 is 2.47 bits per heavy atom. The fourth-order valence-corrected chi connectivity index (χ4v) is 2.28. The van der Waals surface area contributed by atoms with Crippen molar-refractivity contribution in [1.29, 1.82) is 5.26 Å². The van der Waals surface area contributed by atoms with E-state index < -0.39 is 0 Å². The summed E-state index contributed by atoms with van der Waals surface area (Å²) in [5, 5.41) is 10.1. The van der Waals surface area contributed by atoms with Crippen molar-refractivity contribution in [2.45, 2.75) is 6.42 Å². The number of aryl methyl sites for hydroxylation is 1. The predicted molar refractivity (Wildman–Crippen MR) is 74.1 cm³/mol. The minimum absolute atomic E-state index is 0.745. The summed E-state index contributed by atoms with van der Waals surface area (Å²) in [5.41, 5.74) is 4.04. The van der Waals surface area contributed by atoms with Crippen molar-refractivity contribution < 1.29 is 0 Å². The maximum atomic E-state index is 9.21. The first kappa shape index (κ1) is 11.9. The number of halogens is 1. The Bertz CT molecular complexity index is 541. The summed E-state index contributed by atoms with van der Waals surface area (Å²) < 4.78 is 0. The van der Waals surface area contributed by atoms with Gasteiger partial charge in [-0.05, 0) is 29.2 Å². The van der Waals surface area contributed by atoms with Gasteiger partial charge in [0.15, 0.2) is 0 Å². The van der Waals surface area contributed by atoms with Crippen LogP contribution in [0.25, 0.3) is 11.1 Å². The molecule has 0 saturated carbocycles. The van der Waals surface area contributed by atoms with Crippen LogP contribution >= 0.6 is 15.9 Å². The molecule has 2 heteroatoms. The first-order valence-corrected chi connectivity index (χ1v) is 6.61. The molecular weight excluding hydrogens is 274 g/mol. The van der Waals surface area contributed by atoms with Gasteiger partial charge in [0, 0.05) is 5.33 Å². The first-order chi connectivity index (χ1) is 8.35. The van der Waals surface area contributed by atoms with Crippen molar-refractivity contribution in [3.63, 3.8) is 0 Å². The number of hydrogen-bond donors (Lipinski definition) is 0. The monoisotopic (exact) mass is 285 g/mol. The zero-order valence-corrected chi connectivity index (χ0v) is 10.9. The summed E-state index contributed by atoms with van der Waals surface area (Å²) in [5.74, 6) is 0. The number of alkyl halides is 1. The van der Waals surface area contributed by atoms with Crippen LogP contribution in [0.5, 0.6) is 0 Å². The maximum absolute atomic E-state index is 9.21. The SMILES string of the molecule is N#Cc1cc(CCBr)ccc1-c1ccccc1. The van der Waals surface area contributed by atoms with E-state index in [9.17, 15) is 5.26 Å². The molecule has 1 nitrogen and oxygen atoms in total. The molecule has 0 atom stereocenters. The van der Waals surface area contributed by atoms with Crippen molar-refractivity contribution in [2.75, 3.05) is 5.33 Å². The van der Waals surface area contributed by atoms with E-state index in [0.717, 1.165) is 28.4 Å². The molecule has 17 heavy (non-hydrogen) atoms. The van der Waals surface area contributed by atoms with Crippen molar-refractivity contribution in [1.82, 2.24) is 0 Å². The average Bonchev–Trinajstić information content (AvgIpc) is 2.40. The second-order valence-electron chi connectivity index (χ2n) is 3.80. The fourth-order valence-electron chi connectivity index (χ4n) is 1.82. The second-order valence-corrected chi connectivity index (χ2v) is 4.59. The minimum Gasteiger partial charge on any atom is -0.192 e. The molecule has 0 fully saturated rings. The van der Waals surface area contributed by atoms with Crippen LogP contribution in [0.3, 0.4) is 0 Å². The lowest BCUT2D eigenvalue weighted by molar-refractivity contribution is 1.17. The lowest BCUT2D eigenvalue weighted by atomic mass is 9.97. The Hall–Kier alpha value is -1.59. The predicted octanol–water partition coefficient (Wildman–Crippen LogP) is 4.16. The van der Waals surface area contributed by atoms with Crippen molar-refractivity contribution in [3.8, 4) is 17.2 Å². The van der Waals surface area contributed by atoms with Crippen LogP contribution in [0.4, 0.5) is 0 Å². The molecule has 0 aliphatic heterocycles. The quantitative estimate of drug-likeness (QED) is 0.777. The molecule has 0 spiro atoms. The Morgan fingerprint density at radius 2 is 1.82 bits per heavy atom. The Balaban J connectivity index is 2.46. The average molecular weight is 286 g/mol. The standard InChI is InChI=1S/C15H12BrN/c16-9-8-12-6-7-15(14(10-12)11-17)13-4-2-1-3-5-13/h1-7,10H,8-9H2. The van der Waals surface area contributed by atoms with E-state index in [-0.39, 0.29) is 0 Å². The molecule has 0 aliphatic rings. The van der Waals surface area contributed by atoms with Gasteiger partial charge in [-0.3, -0.25) is 0 Å². The van der Waals surface area contributed by atoms with E-state index in [4.69, 9.17) is 0 Å². The Labute approximate surface area is 110 Å². The molecule has 0 unspecified atom stereocenters. The van der Waals surface area contributed by atoms with E-state index in [1.807, 2.05) is 42.5 Å². The summed E-state index contributed by atoms with van der Waals surface area (Å²) in [4.78, 5) is 0. The van der Waals surface area contributed by atoms with Crippen LogP contribution in [-0.4, -0.2) is 5.33 Å². The van der Waals surface area contributed by atoms with Crippen molar-refractivity contribution in [3.05, 3.63) is 59.7 Å². The fraction of sp³-hybridized carbons (Fsp3) is 0.133. The summed E-state index contributed by atoms with van der Waals surface area (Å²) in [7, 11) is 0. The number of rotatable bonds is 3. The lowest BCUT2D eigenvalue weighted by Crippen LogP contribution is -1.90. The zero-order chi connectivity index (χ0) is 12.1. The molecule has 2 aromatic rings. The maximum Gasteiger partial charge on any atom is 0.0998 e. The van der Waals surface area contributed by atoms with Gasteiger partial charge in [-0.2, -0.15) is 5.26 Å². The van der Waals surface area contributed by atoms with Gasteiger partial charge in [-0.25, -0.2) is 0 Å². The van der Waals surface area contributed by atoms with Gasteiger partial charge in [0.05, 0.1) is 11.6 Å². The summed E-state index contributed by atoms with van der Waals surface area (Å²) >= 11 is 3.41. The largest absolute Gasteiger partial charge is 0.192 e. The van der Waals surface area contributed by atoms with Gasteiger partial charge in [0.2, 0.25) is 0 Å². The van der Waals surface area contributed by atoms with E-state index in [1.165, 1.54) is 5.56 Å². The molecule has 0 heterocycles. The highest BCUT2D eigenvalue weighted by atomic mass is 79.9. The normalized spacial score (nSPS) is 9.88. The number of benzene rings is 2. The molecule has 84 valence electrons. The van der Waals surface area contributed by atoms with Crippen LogP contribution in [0.15, 0.2) is 48.5 Å². The third-order valence-corrected chi connectivity index (χ3v) is 3.07. The Kier molecular flexibility index (Phi) is 3.95. The minimum atomic E-state index is 0.745. The Morgan fingerprint density at radius 1 is 1.06 bits per heavy atom. The molecular formula is C15H12BrN. The van der Waals surface area contributed by atoms with Gasteiger partial charge < -0.3 is 0 Å². The summed E-state index contributed by atoms with van der Waals surface area (Å²) in [6.45, 7) is 0. The third-order valence-electron chi connectivity index (χ3n) is 2.67. The number of nitrogens with zero attached hydrogens (tertiary/aromatic N) is 1. The van der Waals surface area contributed by atoms with Crippen molar-refractivity contribution >= 4 is 15.9 Å². The third kappa shape index (κ3) is 2.75. The highest BCUT2D eigenvalue weighted by Gasteiger charge is 2.05. The summed E-state index contributed by atoms with van der Waals surface area (Å²) in [6, 6.07) is 18.4. The van der Waals surface area contributed by atoms with E-state index in [2.05, 4.69) is 28.1 Å². The zero-order valence-electron chi connectivity index (χ0n) is 9.36. The molecule has 0 aromatic heterocycles. The van der Waals surface area contributed by atoms with Crippen LogP contribution in [-0.2, 0) is 6.42 Å². The molecule has 0 amide bonds. The smallest absolute Gasteiger partial charge is 0.0998 e. The first-order valence-electron chi connectivity index (χ1n) is 5.49. The van der Waals surface area contributed by atoms with E-state index in [0.29, 0.717) is 0 Å². The van der Waals surface area contributed by atoms with Gasteiger partial charge in [-0.15, -0.1) is 0 Å². The topological polar surface area (TPSA) is 23.8 Å². The highest BCUT2D eigenvalue weighted by Crippen LogP contribution is 2.24. The lowest BCUT2D eigenvalue weighted by Gasteiger charge is -2.06. The molecule has 2 rings (SSSR count).